The molecule has 0 saturated heterocycles. The Bertz CT molecular complexity index is 364. The predicted octanol–water partition coefficient (Wildman–Crippen LogP) is 1.52. The lowest BCUT2D eigenvalue weighted by molar-refractivity contribution is 0.264. The standard InChI is InChI=1S/C12H19NO3/c1-7(2)8-4-9(10(13)6-14)12(15)11(5-8)16-3/h4-5,7,10,14-15H,6,13H2,1-3H3. The Morgan fingerprint density at radius 2 is 2.00 bits per heavy atom. The Morgan fingerprint density at radius 1 is 1.38 bits per heavy atom. The van der Waals surface area contributed by atoms with Crippen molar-refractivity contribution >= 4 is 0 Å². The highest BCUT2D eigenvalue weighted by atomic mass is 16.5. The molecular formula is C12H19NO3. The summed E-state index contributed by atoms with van der Waals surface area (Å²) in [6.45, 7) is 3.87. The van der Waals surface area contributed by atoms with Crippen molar-refractivity contribution in [3.8, 4) is 11.5 Å². The third-order valence-electron chi connectivity index (χ3n) is 2.61. The Kier molecular flexibility index (Phi) is 4.15. The van der Waals surface area contributed by atoms with Gasteiger partial charge in [0.2, 0.25) is 0 Å². The number of rotatable bonds is 4. The van der Waals surface area contributed by atoms with Gasteiger partial charge >= 0.3 is 0 Å². The van der Waals surface area contributed by atoms with Crippen molar-refractivity contribution in [1.82, 2.24) is 0 Å². The number of phenolic OH excluding ortho intramolecular Hbond substituents is 1. The molecule has 0 radical (unpaired) electrons. The molecule has 0 fully saturated rings. The molecule has 4 N–H and O–H groups in total. The highest BCUT2D eigenvalue weighted by molar-refractivity contribution is 5.50. The third-order valence-corrected chi connectivity index (χ3v) is 2.61. The molecular weight excluding hydrogens is 206 g/mol. The van der Waals surface area contributed by atoms with Gasteiger partial charge in [-0.15, -0.1) is 0 Å². The van der Waals surface area contributed by atoms with Crippen molar-refractivity contribution in [2.75, 3.05) is 13.7 Å². The summed E-state index contributed by atoms with van der Waals surface area (Å²) in [5.74, 6) is 0.706. The van der Waals surface area contributed by atoms with E-state index in [4.69, 9.17) is 15.6 Å². The highest BCUT2D eigenvalue weighted by Crippen LogP contribution is 2.36. The normalized spacial score (nSPS) is 12.9. The van der Waals surface area contributed by atoms with Crippen LogP contribution in [0.4, 0.5) is 0 Å². The summed E-state index contributed by atoms with van der Waals surface area (Å²) in [5, 5.41) is 18.9. The van der Waals surface area contributed by atoms with Crippen LogP contribution < -0.4 is 10.5 Å². The summed E-state index contributed by atoms with van der Waals surface area (Å²) >= 11 is 0. The molecule has 1 rings (SSSR count). The number of methoxy groups -OCH3 is 1. The van der Waals surface area contributed by atoms with Gasteiger partial charge in [-0.1, -0.05) is 13.8 Å². The van der Waals surface area contributed by atoms with Gasteiger partial charge in [-0.3, -0.25) is 0 Å². The summed E-state index contributed by atoms with van der Waals surface area (Å²) in [6.07, 6.45) is 0. The molecule has 90 valence electrons. The monoisotopic (exact) mass is 225 g/mol. The van der Waals surface area contributed by atoms with E-state index in [-0.39, 0.29) is 12.4 Å². The molecule has 1 aromatic carbocycles. The molecule has 1 unspecified atom stereocenters. The molecule has 0 aromatic heterocycles. The van der Waals surface area contributed by atoms with E-state index in [9.17, 15) is 5.11 Å². The molecule has 0 aliphatic rings. The van der Waals surface area contributed by atoms with Crippen LogP contribution >= 0.6 is 0 Å². The molecule has 1 aromatic rings. The summed E-state index contributed by atoms with van der Waals surface area (Å²) in [6, 6.07) is 3.00. The smallest absolute Gasteiger partial charge is 0.162 e. The molecule has 0 heterocycles. The average molecular weight is 225 g/mol. The van der Waals surface area contributed by atoms with E-state index in [2.05, 4.69) is 0 Å². The van der Waals surface area contributed by atoms with Crippen LogP contribution in [-0.2, 0) is 0 Å². The first-order valence-electron chi connectivity index (χ1n) is 5.28. The van der Waals surface area contributed by atoms with Crippen molar-refractivity contribution in [2.45, 2.75) is 25.8 Å². The number of benzene rings is 1. The van der Waals surface area contributed by atoms with Crippen molar-refractivity contribution in [2.24, 2.45) is 5.73 Å². The molecule has 16 heavy (non-hydrogen) atoms. The summed E-state index contributed by atoms with van der Waals surface area (Å²) in [4.78, 5) is 0. The van der Waals surface area contributed by atoms with Crippen LogP contribution in [0.1, 0.15) is 36.9 Å². The van der Waals surface area contributed by atoms with Crippen molar-refractivity contribution in [3.63, 3.8) is 0 Å². The number of hydrogen-bond donors (Lipinski definition) is 3. The second-order valence-electron chi connectivity index (χ2n) is 4.10. The van der Waals surface area contributed by atoms with Gasteiger partial charge in [0.1, 0.15) is 0 Å². The largest absolute Gasteiger partial charge is 0.504 e. The fraction of sp³-hybridized carbons (Fsp3) is 0.500. The lowest BCUT2D eigenvalue weighted by Gasteiger charge is -2.17. The number of ether oxygens (including phenoxy) is 1. The first kappa shape index (κ1) is 12.8. The Morgan fingerprint density at radius 3 is 2.44 bits per heavy atom. The molecule has 4 nitrogen and oxygen atoms in total. The van der Waals surface area contributed by atoms with Gasteiger partial charge in [0.25, 0.3) is 0 Å². The van der Waals surface area contributed by atoms with Crippen LogP contribution in [0.3, 0.4) is 0 Å². The van der Waals surface area contributed by atoms with Gasteiger partial charge < -0.3 is 20.7 Å². The summed E-state index contributed by atoms with van der Waals surface area (Å²) in [5.41, 5.74) is 7.26. The number of phenols is 1. The molecule has 0 saturated carbocycles. The van der Waals surface area contributed by atoms with Crippen molar-refractivity contribution < 1.29 is 14.9 Å². The topological polar surface area (TPSA) is 75.7 Å². The SMILES string of the molecule is COc1cc(C(C)C)cc(C(N)CO)c1O. The van der Waals surface area contributed by atoms with Crippen LogP contribution in [0, 0.1) is 0 Å². The van der Waals surface area contributed by atoms with E-state index in [1.165, 1.54) is 7.11 Å². The number of aromatic hydroxyl groups is 1. The van der Waals surface area contributed by atoms with Gasteiger partial charge in [-0.2, -0.15) is 0 Å². The number of hydrogen-bond acceptors (Lipinski definition) is 4. The second kappa shape index (κ2) is 5.18. The molecule has 1 atom stereocenters. The van der Waals surface area contributed by atoms with E-state index in [0.29, 0.717) is 17.2 Å². The average Bonchev–Trinajstić information content (AvgIpc) is 2.28. The number of aliphatic hydroxyl groups is 1. The van der Waals surface area contributed by atoms with Crippen LogP contribution in [0.5, 0.6) is 11.5 Å². The van der Waals surface area contributed by atoms with Crippen LogP contribution in [-0.4, -0.2) is 23.9 Å². The van der Waals surface area contributed by atoms with Crippen molar-refractivity contribution in [3.05, 3.63) is 23.3 Å². The zero-order valence-corrected chi connectivity index (χ0v) is 9.90. The summed E-state index contributed by atoms with van der Waals surface area (Å²) in [7, 11) is 1.49. The minimum atomic E-state index is -0.590. The Balaban J connectivity index is 3.29. The Hall–Kier alpha value is -1.26. The van der Waals surface area contributed by atoms with E-state index in [1.54, 1.807) is 6.07 Å². The molecule has 4 heteroatoms. The second-order valence-corrected chi connectivity index (χ2v) is 4.10. The van der Waals surface area contributed by atoms with Crippen molar-refractivity contribution in [1.29, 1.82) is 0 Å². The Labute approximate surface area is 95.7 Å². The lowest BCUT2D eigenvalue weighted by atomic mass is 9.96. The van der Waals surface area contributed by atoms with E-state index in [0.717, 1.165) is 5.56 Å². The zero-order chi connectivity index (χ0) is 12.3. The predicted molar refractivity (Wildman–Crippen MR) is 62.8 cm³/mol. The fourth-order valence-electron chi connectivity index (χ4n) is 1.52. The lowest BCUT2D eigenvalue weighted by Crippen LogP contribution is -2.15. The van der Waals surface area contributed by atoms with Gasteiger partial charge in [0.15, 0.2) is 11.5 Å². The van der Waals surface area contributed by atoms with Gasteiger partial charge in [0.05, 0.1) is 19.8 Å². The minimum absolute atomic E-state index is 0.00782. The number of nitrogens with two attached hydrogens (primary N) is 1. The van der Waals surface area contributed by atoms with E-state index < -0.39 is 6.04 Å². The maximum atomic E-state index is 9.88. The molecule has 0 spiro atoms. The van der Waals surface area contributed by atoms with E-state index >= 15 is 0 Å². The zero-order valence-electron chi connectivity index (χ0n) is 9.90. The maximum Gasteiger partial charge on any atom is 0.162 e. The van der Waals surface area contributed by atoms with Crippen LogP contribution in [0.2, 0.25) is 0 Å². The quantitative estimate of drug-likeness (QED) is 0.726. The molecule has 0 aliphatic heterocycles. The molecule has 0 aliphatic carbocycles. The van der Waals surface area contributed by atoms with Gasteiger partial charge in [-0.05, 0) is 23.6 Å². The van der Waals surface area contributed by atoms with Gasteiger partial charge in [-0.25, -0.2) is 0 Å². The molecule has 0 amide bonds. The first-order valence-corrected chi connectivity index (χ1v) is 5.28. The maximum absolute atomic E-state index is 9.88. The van der Waals surface area contributed by atoms with Crippen LogP contribution in [0.25, 0.3) is 0 Å². The van der Waals surface area contributed by atoms with Crippen LogP contribution in [0.15, 0.2) is 12.1 Å². The van der Waals surface area contributed by atoms with E-state index in [1.807, 2.05) is 19.9 Å². The van der Waals surface area contributed by atoms with Gasteiger partial charge in [0, 0.05) is 5.56 Å². The first-order chi connectivity index (χ1) is 7.51. The minimum Gasteiger partial charge on any atom is -0.504 e. The third kappa shape index (κ3) is 2.46. The molecule has 0 bridgehead atoms. The fourth-order valence-corrected chi connectivity index (χ4v) is 1.52. The number of aliphatic hydroxyl groups excluding tert-OH is 1. The highest BCUT2D eigenvalue weighted by Gasteiger charge is 2.16. The summed E-state index contributed by atoms with van der Waals surface area (Å²) < 4.78 is 5.08.